The van der Waals surface area contributed by atoms with E-state index in [0.29, 0.717) is 18.9 Å². The molecule has 0 saturated heterocycles. The summed E-state index contributed by atoms with van der Waals surface area (Å²) >= 11 is 5.76. The fraction of sp³-hybridized carbons (Fsp3) is 0.214. The van der Waals surface area contributed by atoms with Crippen molar-refractivity contribution in [1.82, 2.24) is 19.9 Å². The van der Waals surface area contributed by atoms with E-state index >= 15 is 0 Å². The first-order valence-electron chi connectivity index (χ1n) is 6.53. The van der Waals surface area contributed by atoms with Crippen LogP contribution in [0.1, 0.15) is 17.7 Å². The Balaban J connectivity index is 1.80. The zero-order valence-corrected chi connectivity index (χ0v) is 12.2. The van der Waals surface area contributed by atoms with Gasteiger partial charge >= 0.3 is 0 Å². The molecule has 0 N–H and O–H groups in total. The predicted molar refractivity (Wildman–Crippen MR) is 79.4 cm³/mol. The number of aromatic nitrogens is 3. The van der Waals surface area contributed by atoms with Crippen LogP contribution in [0.5, 0.6) is 0 Å². The minimum Gasteiger partial charge on any atom is -0.352 e. The Labute approximate surface area is 130 Å². The normalized spacial score (nSPS) is 14.1. The first kappa shape index (κ1) is 14.6. The van der Waals surface area contributed by atoms with E-state index in [4.69, 9.17) is 11.6 Å². The van der Waals surface area contributed by atoms with Crippen molar-refractivity contribution in [3.63, 3.8) is 0 Å². The summed E-state index contributed by atoms with van der Waals surface area (Å²) in [5, 5.41) is 8.06. The minimum absolute atomic E-state index is 0.0374. The maximum Gasteiger partial charge on any atom is 0.265 e. The van der Waals surface area contributed by atoms with E-state index in [0.717, 1.165) is 5.69 Å². The average Bonchev–Trinajstić information content (AvgIpc) is 2.97. The summed E-state index contributed by atoms with van der Waals surface area (Å²) in [7, 11) is 0. The second-order valence-corrected chi connectivity index (χ2v) is 5.13. The van der Waals surface area contributed by atoms with Gasteiger partial charge in [0.2, 0.25) is 0 Å². The predicted octanol–water partition coefficient (Wildman–Crippen LogP) is 3.22. The van der Waals surface area contributed by atoms with Crippen LogP contribution in [0.2, 0.25) is 5.02 Å². The Morgan fingerprint density at radius 1 is 1.32 bits per heavy atom. The fourth-order valence-electron chi connectivity index (χ4n) is 2.07. The molecule has 0 radical (unpaired) electrons. The molecular weight excluding hydrogens is 312 g/mol. The van der Waals surface area contributed by atoms with Crippen LogP contribution in [0.25, 0.3) is 5.69 Å². The van der Waals surface area contributed by atoms with Crippen LogP contribution in [-0.4, -0.2) is 32.8 Å². The molecule has 1 aliphatic heterocycles. The number of benzene rings is 1. The second kappa shape index (κ2) is 6.23. The lowest BCUT2D eigenvalue weighted by molar-refractivity contribution is 0.151. The Morgan fingerprint density at radius 3 is 2.91 bits per heavy atom. The largest absolute Gasteiger partial charge is 0.352 e. The van der Waals surface area contributed by atoms with Gasteiger partial charge in [-0.2, -0.15) is 0 Å². The molecule has 114 valence electrons. The van der Waals surface area contributed by atoms with Gasteiger partial charge in [-0.05, 0) is 24.3 Å². The third-order valence-electron chi connectivity index (χ3n) is 3.14. The van der Waals surface area contributed by atoms with Gasteiger partial charge in [0.1, 0.15) is 12.4 Å². The number of hydrogen-bond donors (Lipinski definition) is 0. The Bertz CT molecular complexity index is 726. The zero-order chi connectivity index (χ0) is 15.5. The highest BCUT2D eigenvalue weighted by Gasteiger charge is 2.14. The van der Waals surface area contributed by atoms with E-state index in [1.165, 1.54) is 16.8 Å². The number of halogens is 3. The lowest BCUT2D eigenvalue weighted by Crippen LogP contribution is -2.19. The van der Waals surface area contributed by atoms with Crippen molar-refractivity contribution in [2.75, 3.05) is 6.67 Å². The van der Waals surface area contributed by atoms with Gasteiger partial charge in [-0.25, -0.2) is 13.5 Å². The number of allylic oxidation sites excluding steroid dienone is 1. The highest BCUT2D eigenvalue weighted by molar-refractivity contribution is 6.31. The van der Waals surface area contributed by atoms with Crippen molar-refractivity contribution in [2.45, 2.75) is 13.0 Å². The second-order valence-electron chi connectivity index (χ2n) is 4.72. The van der Waals surface area contributed by atoms with Gasteiger partial charge in [0.25, 0.3) is 6.43 Å². The highest BCUT2D eigenvalue weighted by Crippen LogP contribution is 2.28. The first-order chi connectivity index (χ1) is 10.6. The van der Waals surface area contributed by atoms with Crippen LogP contribution in [0.4, 0.5) is 8.78 Å². The molecule has 22 heavy (non-hydrogen) atoms. The maximum absolute atomic E-state index is 12.9. The molecule has 0 bridgehead atoms. The Kier molecular flexibility index (Phi) is 4.15. The van der Waals surface area contributed by atoms with Gasteiger partial charge in [-0.15, -0.1) is 5.10 Å². The molecule has 2 aromatic rings. The summed E-state index contributed by atoms with van der Waals surface area (Å²) in [6.07, 6.45) is 4.54. The number of alkyl halides is 2. The van der Waals surface area contributed by atoms with Crippen LogP contribution >= 0.6 is 11.6 Å². The molecule has 3 rings (SSSR count). The van der Waals surface area contributed by atoms with Crippen molar-refractivity contribution in [3.05, 3.63) is 53.0 Å². The van der Waals surface area contributed by atoms with Gasteiger partial charge in [-0.3, -0.25) is 4.99 Å². The molecule has 2 heterocycles. The lowest BCUT2D eigenvalue weighted by Gasteiger charge is -2.17. The minimum atomic E-state index is -2.63. The van der Waals surface area contributed by atoms with Crippen LogP contribution in [0.15, 0.2) is 41.7 Å². The van der Waals surface area contributed by atoms with Gasteiger partial charge in [0, 0.05) is 23.0 Å². The van der Waals surface area contributed by atoms with E-state index in [9.17, 15) is 8.78 Å². The van der Waals surface area contributed by atoms with Crippen molar-refractivity contribution < 1.29 is 8.78 Å². The molecule has 5 nitrogen and oxygen atoms in total. The van der Waals surface area contributed by atoms with Crippen LogP contribution < -0.4 is 0 Å². The van der Waals surface area contributed by atoms with Gasteiger partial charge < -0.3 is 4.90 Å². The summed E-state index contributed by atoms with van der Waals surface area (Å²) < 4.78 is 27.2. The molecule has 1 aliphatic rings. The average molecular weight is 324 g/mol. The molecule has 0 unspecified atom stereocenters. The summed E-state index contributed by atoms with van der Waals surface area (Å²) in [6, 6.07) is 4.37. The number of rotatable bonds is 4. The number of nitrogens with zero attached hydrogens (tertiary/aromatic N) is 5. The zero-order valence-electron chi connectivity index (χ0n) is 11.4. The standard InChI is InChI=1S/C14H12ClF2N5/c15-13-3-2-11(6-12(13)14(16)17)22-8-10(19-20-22)7-21-5-1-4-18-9-21/h1-6,8,14H,7,9H2. The molecule has 0 fully saturated rings. The van der Waals surface area contributed by atoms with Crippen molar-refractivity contribution in [2.24, 2.45) is 4.99 Å². The summed E-state index contributed by atoms with van der Waals surface area (Å²) in [6.45, 7) is 1.10. The quantitative estimate of drug-likeness (QED) is 0.868. The molecular formula is C14H12ClF2N5. The molecule has 0 amide bonds. The van der Waals surface area contributed by atoms with Gasteiger partial charge in [0.05, 0.1) is 18.4 Å². The number of hydrogen-bond acceptors (Lipinski definition) is 4. The lowest BCUT2D eigenvalue weighted by atomic mass is 10.2. The van der Waals surface area contributed by atoms with E-state index in [2.05, 4.69) is 15.3 Å². The molecule has 0 aliphatic carbocycles. The highest BCUT2D eigenvalue weighted by atomic mass is 35.5. The van der Waals surface area contributed by atoms with Crippen LogP contribution in [0.3, 0.4) is 0 Å². The van der Waals surface area contributed by atoms with Crippen LogP contribution in [-0.2, 0) is 6.54 Å². The molecule has 0 saturated carbocycles. The van der Waals surface area contributed by atoms with E-state index < -0.39 is 6.43 Å². The van der Waals surface area contributed by atoms with Crippen molar-refractivity contribution >= 4 is 17.8 Å². The topological polar surface area (TPSA) is 46.3 Å². The third kappa shape index (κ3) is 3.14. The molecule has 0 spiro atoms. The molecule has 0 atom stereocenters. The first-order valence-corrected chi connectivity index (χ1v) is 6.91. The van der Waals surface area contributed by atoms with E-state index in [1.807, 2.05) is 17.2 Å². The fourth-order valence-corrected chi connectivity index (χ4v) is 2.27. The Hall–Kier alpha value is -2.28. The summed E-state index contributed by atoms with van der Waals surface area (Å²) in [5.74, 6) is 0. The molecule has 1 aromatic heterocycles. The van der Waals surface area contributed by atoms with Crippen molar-refractivity contribution in [1.29, 1.82) is 0 Å². The third-order valence-corrected chi connectivity index (χ3v) is 3.48. The van der Waals surface area contributed by atoms with Gasteiger partial charge in [0.15, 0.2) is 0 Å². The Morgan fingerprint density at radius 2 is 2.18 bits per heavy atom. The molecule has 1 aromatic carbocycles. The van der Waals surface area contributed by atoms with Crippen LogP contribution in [0, 0.1) is 0 Å². The monoisotopic (exact) mass is 323 g/mol. The molecule has 8 heteroatoms. The SMILES string of the molecule is FC(F)c1cc(-n2cc(CN3C=CC=NC3)nn2)ccc1Cl. The van der Waals surface area contributed by atoms with E-state index in [-0.39, 0.29) is 10.6 Å². The van der Waals surface area contributed by atoms with E-state index in [1.54, 1.807) is 18.5 Å². The summed E-state index contributed by atoms with van der Waals surface area (Å²) in [5.41, 5.74) is 0.991. The number of aliphatic imine (C=N–C) groups is 1. The van der Waals surface area contributed by atoms with Gasteiger partial charge in [-0.1, -0.05) is 16.8 Å². The summed E-state index contributed by atoms with van der Waals surface area (Å²) in [4.78, 5) is 6.08. The maximum atomic E-state index is 12.9. The van der Waals surface area contributed by atoms with Crippen molar-refractivity contribution in [3.8, 4) is 5.69 Å². The smallest absolute Gasteiger partial charge is 0.265 e.